The van der Waals surface area contributed by atoms with Crippen molar-refractivity contribution in [3.63, 3.8) is 0 Å². The Labute approximate surface area is 161 Å². The molecule has 2 saturated heterocycles. The second-order valence-corrected chi connectivity index (χ2v) is 15.1. The number of ether oxygens (including phenoxy) is 2. The van der Waals surface area contributed by atoms with Gasteiger partial charge < -0.3 is 18.7 Å². The van der Waals surface area contributed by atoms with Gasteiger partial charge in [-0.05, 0) is 42.8 Å². The van der Waals surface area contributed by atoms with Crippen LogP contribution in [0, 0.1) is 11.8 Å². The molecule has 0 aromatic rings. The van der Waals surface area contributed by atoms with Gasteiger partial charge in [-0.3, -0.25) is 0 Å². The van der Waals surface area contributed by atoms with Crippen molar-refractivity contribution >= 4 is 14.6 Å². The summed E-state index contributed by atoms with van der Waals surface area (Å²) in [6, 6.07) is 0. The Morgan fingerprint density at radius 3 is 2.46 bits per heavy atom. The Bertz CT molecular complexity index is 485. The predicted octanol–water partition coefficient (Wildman–Crippen LogP) is 5.31. The van der Waals surface area contributed by atoms with Crippen LogP contribution in [0.4, 0.5) is 0 Å². The second-order valence-electron chi connectivity index (χ2n) is 10.3. The van der Waals surface area contributed by atoms with Gasteiger partial charge in [-0.1, -0.05) is 41.5 Å². The van der Waals surface area contributed by atoms with E-state index in [0.717, 1.165) is 32.0 Å². The van der Waals surface area contributed by atoms with Crippen molar-refractivity contribution in [3.8, 4) is 0 Å². The zero-order chi connectivity index (χ0) is 19.8. The molecule has 0 bridgehead atoms. The van der Waals surface area contributed by atoms with Gasteiger partial charge in [0.15, 0.2) is 14.1 Å². The molecule has 5 atom stereocenters. The predicted molar refractivity (Wildman–Crippen MR) is 108 cm³/mol. The van der Waals surface area contributed by atoms with E-state index in [1.165, 1.54) is 0 Å². The highest BCUT2D eigenvalue weighted by molar-refractivity contribution is 6.74. The van der Waals surface area contributed by atoms with E-state index in [1.54, 1.807) is 0 Å². The van der Waals surface area contributed by atoms with E-state index in [0.29, 0.717) is 18.3 Å². The Balaban J connectivity index is 2.20. The molecule has 2 rings (SSSR count). The fraction of sp³-hybridized carbons (Fsp3) is 0.952. The molecular weight excluding hydrogens is 344 g/mol. The number of rotatable bonds is 5. The van der Waals surface area contributed by atoms with Crippen LogP contribution < -0.4 is 0 Å². The first-order valence-electron chi connectivity index (χ1n) is 10.4. The summed E-state index contributed by atoms with van der Waals surface area (Å²) >= 11 is 0. The molecule has 4 nitrogen and oxygen atoms in total. The van der Waals surface area contributed by atoms with E-state index < -0.39 is 14.1 Å². The molecule has 0 saturated carbocycles. The molecule has 2 aliphatic heterocycles. The van der Waals surface area contributed by atoms with Gasteiger partial charge in [0.05, 0.1) is 18.3 Å². The molecular formula is C21H40O4Si. The lowest BCUT2D eigenvalue weighted by Gasteiger charge is -2.52. The van der Waals surface area contributed by atoms with Gasteiger partial charge in [-0.2, -0.15) is 0 Å². The second kappa shape index (κ2) is 8.02. The van der Waals surface area contributed by atoms with Gasteiger partial charge in [0, 0.05) is 19.3 Å². The smallest absolute Gasteiger partial charge is 0.192 e. The third-order valence-electron chi connectivity index (χ3n) is 6.62. The first-order chi connectivity index (χ1) is 11.9. The fourth-order valence-electron chi connectivity index (χ4n) is 4.12. The highest BCUT2D eigenvalue weighted by atomic mass is 28.4. The molecule has 26 heavy (non-hydrogen) atoms. The number of hydrogen-bond acceptors (Lipinski definition) is 4. The summed E-state index contributed by atoms with van der Waals surface area (Å²) in [5.41, 5.74) is 0. The standard InChI is InChI=1S/C21H40O4Si/c1-15(2)19-16(3)9-11-21(24-19)14-18(13-17(23-21)10-12-22)25-26(7,8)20(4,5)6/h12,15-19H,9-11,13-14H2,1-8H3/t16-,17-,18-,19+,21+/m0/s1. The lowest BCUT2D eigenvalue weighted by molar-refractivity contribution is -0.338. The summed E-state index contributed by atoms with van der Waals surface area (Å²) in [7, 11) is -1.88. The Hall–Kier alpha value is -0.233. The van der Waals surface area contributed by atoms with E-state index in [9.17, 15) is 4.79 Å². The van der Waals surface area contributed by atoms with Crippen LogP contribution in [0.15, 0.2) is 0 Å². The summed E-state index contributed by atoms with van der Waals surface area (Å²) < 4.78 is 19.7. The highest BCUT2D eigenvalue weighted by Gasteiger charge is 2.50. The van der Waals surface area contributed by atoms with Crippen LogP contribution >= 0.6 is 0 Å². The molecule has 0 aromatic heterocycles. The minimum absolute atomic E-state index is 0.0998. The lowest BCUT2D eigenvalue weighted by atomic mass is 9.83. The van der Waals surface area contributed by atoms with Crippen LogP contribution in [-0.2, 0) is 18.7 Å². The SMILES string of the molecule is CC(C)[C@H]1O[C@]2(CC[C@@H]1C)C[C@@H](O[Si](C)(C)C(C)(C)C)C[C@H](CC=O)O2. The zero-order valence-corrected chi connectivity index (χ0v) is 19.1. The first kappa shape index (κ1) is 22.1. The van der Waals surface area contributed by atoms with Gasteiger partial charge in [-0.25, -0.2) is 0 Å². The van der Waals surface area contributed by atoms with Crippen molar-refractivity contribution < 1.29 is 18.7 Å². The number of carbonyl (C=O) groups is 1. The molecule has 152 valence electrons. The van der Waals surface area contributed by atoms with Gasteiger partial charge in [0.2, 0.25) is 0 Å². The van der Waals surface area contributed by atoms with Crippen molar-refractivity contribution in [1.29, 1.82) is 0 Å². The fourth-order valence-corrected chi connectivity index (χ4v) is 5.49. The van der Waals surface area contributed by atoms with Crippen molar-refractivity contribution in [1.82, 2.24) is 0 Å². The number of carbonyl (C=O) groups excluding carboxylic acids is 1. The minimum Gasteiger partial charge on any atom is -0.414 e. The topological polar surface area (TPSA) is 44.8 Å². The number of hydrogen-bond donors (Lipinski definition) is 0. The van der Waals surface area contributed by atoms with Crippen LogP contribution in [0.1, 0.15) is 73.6 Å². The molecule has 0 N–H and O–H groups in total. The van der Waals surface area contributed by atoms with Crippen molar-refractivity contribution in [2.45, 2.75) is 116 Å². The van der Waals surface area contributed by atoms with Crippen LogP contribution in [-0.4, -0.2) is 38.7 Å². The average Bonchev–Trinajstić information content (AvgIpc) is 2.48. The summed E-state index contributed by atoms with van der Waals surface area (Å²) in [6.45, 7) is 18.1. The summed E-state index contributed by atoms with van der Waals surface area (Å²) in [4.78, 5) is 11.2. The van der Waals surface area contributed by atoms with Crippen LogP contribution in [0.25, 0.3) is 0 Å². The molecule has 5 heteroatoms. The molecule has 2 aliphatic rings. The highest BCUT2D eigenvalue weighted by Crippen LogP contribution is 2.46. The maximum absolute atomic E-state index is 11.2. The third-order valence-corrected chi connectivity index (χ3v) is 11.2. The zero-order valence-electron chi connectivity index (χ0n) is 18.1. The minimum atomic E-state index is -1.88. The molecule has 0 unspecified atom stereocenters. The Kier molecular flexibility index (Phi) is 6.80. The van der Waals surface area contributed by atoms with Gasteiger partial charge in [0.25, 0.3) is 0 Å². The van der Waals surface area contributed by atoms with Crippen LogP contribution in [0.3, 0.4) is 0 Å². The van der Waals surface area contributed by atoms with E-state index in [1.807, 2.05) is 0 Å². The number of aldehydes is 1. The lowest BCUT2D eigenvalue weighted by Crippen LogP contribution is -2.56. The Morgan fingerprint density at radius 2 is 1.92 bits per heavy atom. The summed E-state index contributed by atoms with van der Waals surface area (Å²) in [5, 5.41) is 0.168. The Morgan fingerprint density at radius 1 is 1.27 bits per heavy atom. The molecule has 0 radical (unpaired) electrons. The van der Waals surface area contributed by atoms with E-state index >= 15 is 0 Å². The van der Waals surface area contributed by atoms with Gasteiger partial charge >= 0.3 is 0 Å². The summed E-state index contributed by atoms with van der Waals surface area (Å²) in [6.07, 6.45) is 5.17. The molecule has 2 heterocycles. The molecule has 0 aromatic carbocycles. The van der Waals surface area contributed by atoms with E-state index in [-0.39, 0.29) is 23.4 Å². The monoisotopic (exact) mass is 384 g/mol. The van der Waals surface area contributed by atoms with Crippen molar-refractivity contribution in [3.05, 3.63) is 0 Å². The van der Waals surface area contributed by atoms with Crippen LogP contribution in [0.2, 0.25) is 18.1 Å². The summed E-state index contributed by atoms with van der Waals surface area (Å²) in [5.74, 6) is 0.410. The molecule has 1 spiro atoms. The van der Waals surface area contributed by atoms with Crippen molar-refractivity contribution in [2.75, 3.05) is 0 Å². The van der Waals surface area contributed by atoms with Gasteiger partial charge in [0.1, 0.15) is 6.29 Å². The van der Waals surface area contributed by atoms with E-state index in [4.69, 9.17) is 13.9 Å². The first-order valence-corrected chi connectivity index (χ1v) is 13.3. The van der Waals surface area contributed by atoms with E-state index in [2.05, 4.69) is 54.6 Å². The molecule has 0 amide bonds. The normalized spacial score (nSPS) is 36.5. The quantitative estimate of drug-likeness (QED) is 0.476. The van der Waals surface area contributed by atoms with Crippen molar-refractivity contribution in [2.24, 2.45) is 11.8 Å². The van der Waals surface area contributed by atoms with Crippen LogP contribution in [0.5, 0.6) is 0 Å². The maximum atomic E-state index is 11.2. The maximum Gasteiger partial charge on any atom is 0.192 e. The average molecular weight is 385 g/mol. The molecule has 2 fully saturated rings. The third kappa shape index (κ3) is 4.97. The van der Waals surface area contributed by atoms with Gasteiger partial charge in [-0.15, -0.1) is 0 Å². The largest absolute Gasteiger partial charge is 0.414 e. The molecule has 0 aliphatic carbocycles.